The molecular weight excluding hydrogens is 274 g/mol. The van der Waals surface area contributed by atoms with Gasteiger partial charge in [-0.1, -0.05) is 17.7 Å². The number of benzene rings is 1. The summed E-state index contributed by atoms with van der Waals surface area (Å²) in [6.07, 6.45) is 2.71. The second-order valence-corrected chi connectivity index (χ2v) is 6.36. The zero-order valence-electron chi connectivity index (χ0n) is 9.88. The van der Waals surface area contributed by atoms with E-state index in [1.165, 1.54) is 10.7 Å². The van der Waals surface area contributed by atoms with E-state index >= 15 is 0 Å². The zero-order valence-corrected chi connectivity index (χ0v) is 11.5. The van der Waals surface area contributed by atoms with Crippen molar-refractivity contribution in [1.29, 1.82) is 0 Å². The first-order valence-corrected chi connectivity index (χ1v) is 7.38. The molecule has 0 saturated heterocycles. The molecule has 0 unspecified atom stereocenters. The van der Waals surface area contributed by atoms with Gasteiger partial charge in [-0.05, 0) is 19.1 Å². The fourth-order valence-electron chi connectivity index (χ4n) is 1.62. The second kappa shape index (κ2) is 4.29. The smallest absolute Gasteiger partial charge is 0.177 e. The monoisotopic (exact) mass is 285 g/mol. The molecule has 0 saturated carbocycles. The number of rotatable bonds is 2. The van der Waals surface area contributed by atoms with Crippen LogP contribution in [0.25, 0.3) is 5.69 Å². The average Bonchev–Trinajstić information content (AvgIpc) is 2.57. The van der Waals surface area contributed by atoms with E-state index in [-0.39, 0.29) is 10.6 Å². The van der Waals surface area contributed by atoms with Crippen molar-refractivity contribution in [2.75, 3.05) is 12.0 Å². The van der Waals surface area contributed by atoms with Crippen molar-refractivity contribution in [2.45, 2.75) is 11.8 Å². The molecular formula is C11H12ClN3O2S. The van der Waals surface area contributed by atoms with E-state index in [4.69, 9.17) is 17.3 Å². The first-order valence-electron chi connectivity index (χ1n) is 5.11. The van der Waals surface area contributed by atoms with Crippen molar-refractivity contribution >= 4 is 27.1 Å². The van der Waals surface area contributed by atoms with E-state index in [0.29, 0.717) is 16.4 Å². The maximum atomic E-state index is 11.6. The fourth-order valence-corrected chi connectivity index (χ4v) is 2.58. The lowest BCUT2D eigenvalue weighted by Gasteiger charge is -2.09. The highest BCUT2D eigenvalue weighted by Gasteiger charge is 2.16. The van der Waals surface area contributed by atoms with Crippen LogP contribution in [0.1, 0.15) is 5.69 Å². The number of hydrogen-bond donors (Lipinski definition) is 1. The van der Waals surface area contributed by atoms with Crippen molar-refractivity contribution in [3.8, 4) is 5.69 Å². The number of anilines is 1. The number of nitrogens with two attached hydrogens (primary N) is 1. The highest BCUT2D eigenvalue weighted by molar-refractivity contribution is 7.90. The van der Waals surface area contributed by atoms with Crippen LogP contribution in [0, 0.1) is 6.92 Å². The lowest BCUT2D eigenvalue weighted by atomic mass is 10.3. The minimum absolute atomic E-state index is 0.0873. The number of para-hydroxylation sites is 1. The Labute approximate surface area is 110 Å². The van der Waals surface area contributed by atoms with Crippen LogP contribution in [0.4, 0.5) is 5.69 Å². The molecule has 0 spiro atoms. The van der Waals surface area contributed by atoms with Crippen LogP contribution in [0.3, 0.4) is 0 Å². The minimum Gasteiger partial charge on any atom is -0.396 e. The molecule has 0 bridgehead atoms. The van der Waals surface area contributed by atoms with E-state index < -0.39 is 9.84 Å². The molecule has 0 amide bonds. The molecule has 96 valence electrons. The van der Waals surface area contributed by atoms with Crippen LogP contribution in [0.2, 0.25) is 5.02 Å². The summed E-state index contributed by atoms with van der Waals surface area (Å²) in [5.41, 5.74) is 7.19. The van der Waals surface area contributed by atoms with Gasteiger partial charge in [0.25, 0.3) is 0 Å². The highest BCUT2D eigenvalue weighted by Crippen LogP contribution is 2.26. The Kier molecular flexibility index (Phi) is 3.08. The number of sulfone groups is 1. The molecule has 0 aliphatic heterocycles. The first-order chi connectivity index (χ1) is 8.30. The van der Waals surface area contributed by atoms with Crippen LogP contribution < -0.4 is 5.73 Å². The molecule has 2 N–H and O–H groups in total. The number of nitrogen functional groups attached to an aromatic ring is 1. The average molecular weight is 286 g/mol. The van der Waals surface area contributed by atoms with Crippen LogP contribution in [-0.4, -0.2) is 24.5 Å². The lowest BCUT2D eigenvalue weighted by Crippen LogP contribution is -2.07. The van der Waals surface area contributed by atoms with Gasteiger partial charge in [0.2, 0.25) is 0 Å². The number of nitrogens with zero attached hydrogens (tertiary/aromatic N) is 2. The van der Waals surface area contributed by atoms with E-state index in [0.717, 1.165) is 6.26 Å². The van der Waals surface area contributed by atoms with Gasteiger partial charge in [-0.15, -0.1) is 0 Å². The van der Waals surface area contributed by atoms with E-state index in [1.807, 2.05) is 0 Å². The van der Waals surface area contributed by atoms with Crippen molar-refractivity contribution in [2.24, 2.45) is 0 Å². The number of aromatic nitrogens is 2. The molecule has 0 fully saturated rings. The van der Waals surface area contributed by atoms with Gasteiger partial charge in [0.15, 0.2) is 9.84 Å². The summed E-state index contributed by atoms with van der Waals surface area (Å²) in [6, 6.07) is 4.77. The number of hydrogen-bond acceptors (Lipinski definition) is 4. The molecule has 1 heterocycles. The van der Waals surface area contributed by atoms with Crippen LogP contribution in [0.5, 0.6) is 0 Å². The van der Waals surface area contributed by atoms with Crippen LogP contribution >= 0.6 is 11.6 Å². The number of aryl methyl sites for hydroxylation is 1. The summed E-state index contributed by atoms with van der Waals surface area (Å²) in [4.78, 5) is 0.0873. The molecule has 1 aromatic heterocycles. The molecule has 7 heteroatoms. The Balaban J connectivity index is 2.67. The Bertz CT molecular complexity index is 688. The molecule has 18 heavy (non-hydrogen) atoms. The standard InChI is InChI=1S/C11H12ClN3O2S/c1-7-8(12)6-15(14-7)9-4-3-5-10(11(9)13)18(2,16)17/h3-6H,13H2,1-2H3. The van der Waals surface area contributed by atoms with Crippen molar-refractivity contribution in [3.63, 3.8) is 0 Å². The van der Waals surface area contributed by atoms with Gasteiger partial charge in [0, 0.05) is 12.5 Å². The molecule has 1 aromatic carbocycles. The predicted octanol–water partition coefficient (Wildman–Crippen LogP) is 1.82. The summed E-state index contributed by atoms with van der Waals surface area (Å²) in [5, 5.41) is 4.67. The van der Waals surface area contributed by atoms with Crippen molar-refractivity contribution < 1.29 is 8.42 Å². The second-order valence-electron chi connectivity index (χ2n) is 3.97. The summed E-state index contributed by atoms with van der Waals surface area (Å²) in [5.74, 6) is 0. The van der Waals surface area contributed by atoms with Gasteiger partial charge in [0.1, 0.15) is 0 Å². The first kappa shape index (κ1) is 12.9. The predicted molar refractivity (Wildman–Crippen MR) is 70.8 cm³/mol. The summed E-state index contributed by atoms with van der Waals surface area (Å²) < 4.78 is 24.6. The third kappa shape index (κ3) is 2.21. The SMILES string of the molecule is Cc1nn(-c2cccc(S(C)(=O)=O)c2N)cc1Cl. The molecule has 2 rings (SSSR count). The summed E-state index contributed by atoms with van der Waals surface area (Å²) in [7, 11) is -3.37. The molecule has 0 atom stereocenters. The summed E-state index contributed by atoms with van der Waals surface area (Å²) in [6.45, 7) is 1.76. The lowest BCUT2D eigenvalue weighted by molar-refractivity contribution is 0.602. The maximum absolute atomic E-state index is 11.6. The van der Waals surface area contributed by atoms with Gasteiger partial charge >= 0.3 is 0 Å². The van der Waals surface area contributed by atoms with E-state index in [9.17, 15) is 8.42 Å². The topological polar surface area (TPSA) is 78.0 Å². The van der Waals surface area contributed by atoms with Crippen LogP contribution in [-0.2, 0) is 9.84 Å². The van der Waals surface area contributed by atoms with Crippen LogP contribution in [0.15, 0.2) is 29.3 Å². The Morgan fingerprint density at radius 3 is 2.56 bits per heavy atom. The normalized spacial score (nSPS) is 11.7. The van der Waals surface area contributed by atoms with E-state index in [2.05, 4.69) is 5.10 Å². The van der Waals surface area contributed by atoms with E-state index in [1.54, 1.807) is 25.3 Å². The molecule has 2 aromatic rings. The maximum Gasteiger partial charge on any atom is 0.177 e. The quantitative estimate of drug-likeness (QED) is 0.854. The molecule has 0 aliphatic carbocycles. The zero-order chi connectivity index (χ0) is 13.5. The van der Waals surface area contributed by atoms with Gasteiger partial charge in [-0.2, -0.15) is 5.10 Å². The summed E-state index contributed by atoms with van der Waals surface area (Å²) >= 11 is 5.92. The fraction of sp³-hybridized carbons (Fsp3) is 0.182. The third-order valence-electron chi connectivity index (χ3n) is 2.53. The van der Waals surface area contributed by atoms with Gasteiger partial charge in [0.05, 0.1) is 27.0 Å². The Morgan fingerprint density at radius 2 is 2.06 bits per heavy atom. The van der Waals surface area contributed by atoms with Crippen molar-refractivity contribution in [1.82, 2.24) is 9.78 Å². The van der Waals surface area contributed by atoms with Gasteiger partial charge in [-0.3, -0.25) is 0 Å². The van der Waals surface area contributed by atoms with Crippen molar-refractivity contribution in [3.05, 3.63) is 35.1 Å². The third-order valence-corrected chi connectivity index (χ3v) is 4.05. The number of halogens is 1. The molecule has 5 nitrogen and oxygen atoms in total. The molecule has 0 radical (unpaired) electrons. The van der Waals surface area contributed by atoms with Gasteiger partial charge in [-0.25, -0.2) is 13.1 Å². The minimum atomic E-state index is -3.37. The molecule has 0 aliphatic rings. The Morgan fingerprint density at radius 1 is 1.39 bits per heavy atom. The highest BCUT2D eigenvalue weighted by atomic mass is 35.5. The Hall–Kier alpha value is -1.53. The van der Waals surface area contributed by atoms with Gasteiger partial charge < -0.3 is 5.73 Å². The largest absolute Gasteiger partial charge is 0.396 e.